The molecule has 0 bridgehead atoms. The molecule has 1 rings (SSSR count). The van der Waals surface area contributed by atoms with Gasteiger partial charge in [0.15, 0.2) is 0 Å². The first-order valence-electron chi connectivity index (χ1n) is 6.07. The smallest absolute Gasteiger partial charge is 0.416 e. The summed E-state index contributed by atoms with van der Waals surface area (Å²) in [6.45, 7) is 2.95. The van der Waals surface area contributed by atoms with Crippen molar-refractivity contribution in [1.82, 2.24) is 5.32 Å². The first-order valence-corrected chi connectivity index (χ1v) is 6.07. The number of amides is 1. The summed E-state index contributed by atoms with van der Waals surface area (Å²) in [4.78, 5) is 11.0. The molecule has 0 saturated carbocycles. The van der Waals surface area contributed by atoms with Crippen LogP contribution in [0.5, 0.6) is 5.75 Å². The van der Waals surface area contributed by atoms with E-state index < -0.39 is 17.6 Å². The third kappa shape index (κ3) is 4.73. The van der Waals surface area contributed by atoms with Gasteiger partial charge >= 0.3 is 6.18 Å². The summed E-state index contributed by atoms with van der Waals surface area (Å²) >= 11 is 0. The second-order valence-electron chi connectivity index (χ2n) is 4.46. The van der Waals surface area contributed by atoms with Crippen LogP contribution >= 0.6 is 0 Å². The van der Waals surface area contributed by atoms with E-state index in [1.54, 1.807) is 13.8 Å². The van der Waals surface area contributed by atoms with Crippen LogP contribution in [0.1, 0.15) is 25.0 Å². The zero-order chi connectivity index (χ0) is 15.3. The summed E-state index contributed by atoms with van der Waals surface area (Å²) < 4.78 is 44.2. The summed E-state index contributed by atoms with van der Waals surface area (Å²) in [6.07, 6.45) is -4.74. The minimum absolute atomic E-state index is 0.0320. The molecular weight excluding hydrogens is 273 g/mol. The highest BCUT2D eigenvalue weighted by Crippen LogP contribution is 2.34. The molecule has 1 amide bonds. The number of hydrogen-bond acceptors (Lipinski definition) is 3. The SMILES string of the molecule is CC(C)Oc1ccc(CNC(=O)CN)c(C(F)(F)F)c1. The van der Waals surface area contributed by atoms with Crippen LogP contribution in [0, 0.1) is 0 Å². The van der Waals surface area contributed by atoms with Crippen molar-refractivity contribution in [2.45, 2.75) is 32.7 Å². The van der Waals surface area contributed by atoms with Crippen molar-refractivity contribution in [3.8, 4) is 5.75 Å². The van der Waals surface area contributed by atoms with Crippen molar-refractivity contribution in [3.05, 3.63) is 29.3 Å². The van der Waals surface area contributed by atoms with E-state index in [-0.39, 0.29) is 30.5 Å². The lowest BCUT2D eigenvalue weighted by molar-refractivity contribution is -0.138. The van der Waals surface area contributed by atoms with Gasteiger partial charge in [0.05, 0.1) is 18.2 Å². The number of alkyl halides is 3. The molecule has 1 aromatic rings. The number of carbonyl (C=O) groups excluding carboxylic acids is 1. The fraction of sp³-hybridized carbons (Fsp3) is 0.462. The molecule has 0 aliphatic carbocycles. The van der Waals surface area contributed by atoms with Crippen LogP contribution in [0.3, 0.4) is 0 Å². The molecule has 3 N–H and O–H groups in total. The van der Waals surface area contributed by atoms with Crippen LogP contribution in [0.25, 0.3) is 0 Å². The molecule has 0 aliphatic heterocycles. The zero-order valence-electron chi connectivity index (χ0n) is 11.3. The highest BCUT2D eigenvalue weighted by Gasteiger charge is 2.33. The van der Waals surface area contributed by atoms with Crippen molar-refractivity contribution in [2.24, 2.45) is 5.73 Å². The summed E-state index contributed by atoms with van der Waals surface area (Å²) in [7, 11) is 0. The monoisotopic (exact) mass is 290 g/mol. The topological polar surface area (TPSA) is 64.3 Å². The Labute approximate surface area is 115 Å². The number of halogens is 3. The van der Waals surface area contributed by atoms with Gasteiger partial charge in [-0.15, -0.1) is 0 Å². The predicted octanol–water partition coefficient (Wildman–Crippen LogP) is 2.07. The first-order chi connectivity index (χ1) is 9.24. The summed E-state index contributed by atoms with van der Waals surface area (Å²) in [5, 5.41) is 2.32. The Bertz CT molecular complexity index is 473. The fourth-order valence-corrected chi connectivity index (χ4v) is 1.59. The molecule has 0 heterocycles. The Morgan fingerprint density at radius 1 is 1.40 bits per heavy atom. The molecule has 0 saturated heterocycles. The second kappa shape index (κ2) is 6.60. The van der Waals surface area contributed by atoms with Crippen molar-refractivity contribution >= 4 is 5.91 Å². The maximum atomic E-state index is 13.0. The Morgan fingerprint density at radius 2 is 2.05 bits per heavy atom. The lowest BCUT2D eigenvalue weighted by Gasteiger charge is -2.16. The van der Waals surface area contributed by atoms with E-state index in [0.29, 0.717) is 0 Å². The second-order valence-corrected chi connectivity index (χ2v) is 4.46. The van der Waals surface area contributed by atoms with E-state index >= 15 is 0 Å². The lowest BCUT2D eigenvalue weighted by Crippen LogP contribution is -2.30. The van der Waals surface area contributed by atoms with E-state index in [0.717, 1.165) is 6.07 Å². The number of rotatable bonds is 5. The molecule has 0 atom stereocenters. The lowest BCUT2D eigenvalue weighted by atomic mass is 10.1. The number of nitrogens with one attached hydrogen (secondary N) is 1. The Morgan fingerprint density at radius 3 is 2.55 bits per heavy atom. The van der Waals surface area contributed by atoms with Gasteiger partial charge in [-0.1, -0.05) is 6.07 Å². The largest absolute Gasteiger partial charge is 0.491 e. The van der Waals surface area contributed by atoms with E-state index in [9.17, 15) is 18.0 Å². The van der Waals surface area contributed by atoms with E-state index in [4.69, 9.17) is 10.5 Å². The minimum Gasteiger partial charge on any atom is -0.491 e. The summed E-state index contributed by atoms with van der Waals surface area (Å²) in [6, 6.07) is 3.67. The van der Waals surface area contributed by atoms with E-state index in [1.807, 2.05) is 0 Å². The molecule has 20 heavy (non-hydrogen) atoms. The normalized spacial score (nSPS) is 11.6. The highest BCUT2D eigenvalue weighted by molar-refractivity contribution is 5.77. The maximum Gasteiger partial charge on any atom is 0.416 e. The van der Waals surface area contributed by atoms with Gasteiger partial charge in [0.2, 0.25) is 5.91 Å². The number of hydrogen-bond donors (Lipinski definition) is 2. The third-order valence-electron chi connectivity index (χ3n) is 2.42. The average molecular weight is 290 g/mol. The Kier molecular flexibility index (Phi) is 5.38. The standard InChI is InChI=1S/C13H17F3N2O2/c1-8(2)20-10-4-3-9(7-18-12(19)6-17)11(5-10)13(14,15)16/h3-5,8H,6-7,17H2,1-2H3,(H,18,19). The molecule has 0 radical (unpaired) electrons. The summed E-state index contributed by atoms with van der Waals surface area (Å²) in [5.74, 6) is -0.373. The molecule has 0 unspecified atom stereocenters. The van der Waals surface area contributed by atoms with Crippen LogP contribution in [0.4, 0.5) is 13.2 Å². The van der Waals surface area contributed by atoms with Gasteiger partial charge in [-0.2, -0.15) is 13.2 Å². The molecule has 0 aromatic heterocycles. The van der Waals surface area contributed by atoms with Crippen molar-refractivity contribution in [2.75, 3.05) is 6.54 Å². The van der Waals surface area contributed by atoms with Crippen LogP contribution in [0.2, 0.25) is 0 Å². The van der Waals surface area contributed by atoms with E-state index in [2.05, 4.69) is 5.32 Å². The molecule has 0 spiro atoms. The van der Waals surface area contributed by atoms with Gasteiger partial charge in [-0.3, -0.25) is 4.79 Å². The molecule has 112 valence electrons. The zero-order valence-corrected chi connectivity index (χ0v) is 11.3. The molecule has 7 heteroatoms. The van der Waals surface area contributed by atoms with Crippen molar-refractivity contribution in [3.63, 3.8) is 0 Å². The van der Waals surface area contributed by atoms with Gasteiger partial charge < -0.3 is 15.8 Å². The third-order valence-corrected chi connectivity index (χ3v) is 2.42. The summed E-state index contributed by atoms with van der Waals surface area (Å²) in [5.41, 5.74) is 4.23. The minimum atomic E-state index is -4.51. The van der Waals surface area contributed by atoms with Gasteiger partial charge in [0.1, 0.15) is 5.75 Å². The highest BCUT2D eigenvalue weighted by atomic mass is 19.4. The molecule has 1 aromatic carbocycles. The average Bonchev–Trinajstić information content (AvgIpc) is 2.34. The van der Waals surface area contributed by atoms with Crippen LogP contribution in [-0.4, -0.2) is 18.6 Å². The van der Waals surface area contributed by atoms with Gasteiger partial charge in [0.25, 0.3) is 0 Å². The van der Waals surface area contributed by atoms with Crippen molar-refractivity contribution < 1.29 is 22.7 Å². The maximum absolute atomic E-state index is 13.0. The van der Waals surface area contributed by atoms with E-state index in [1.165, 1.54) is 12.1 Å². The van der Waals surface area contributed by atoms with Crippen molar-refractivity contribution in [1.29, 1.82) is 0 Å². The molecular formula is C13H17F3N2O2. The van der Waals surface area contributed by atoms with Crippen LogP contribution < -0.4 is 15.8 Å². The first kappa shape index (κ1) is 16.3. The van der Waals surface area contributed by atoms with Crippen LogP contribution in [0.15, 0.2) is 18.2 Å². The van der Waals surface area contributed by atoms with Gasteiger partial charge in [-0.05, 0) is 31.5 Å². The number of carbonyl (C=O) groups is 1. The molecule has 4 nitrogen and oxygen atoms in total. The van der Waals surface area contributed by atoms with Gasteiger partial charge in [0, 0.05) is 6.54 Å². The number of ether oxygens (including phenoxy) is 1. The fourth-order valence-electron chi connectivity index (χ4n) is 1.59. The Balaban J connectivity index is 3.01. The number of benzene rings is 1. The quantitative estimate of drug-likeness (QED) is 0.872. The number of nitrogens with two attached hydrogens (primary N) is 1. The predicted molar refractivity (Wildman–Crippen MR) is 68.1 cm³/mol. The van der Waals surface area contributed by atoms with Crippen LogP contribution in [-0.2, 0) is 17.5 Å². The molecule has 0 fully saturated rings. The van der Waals surface area contributed by atoms with Gasteiger partial charge in [-0.25, -0.2) is 0 Å². The molecule has 0 aliphatic rings. The Hall–Kier alpha value is -1.76.